The van der Waals surface area contributed by atoms with Crippen LogP contribution >= 0.6 is 0 Å². The van der Waals surface area contributed by atoms with Gasteiger partial charge in [0.15, 0.2) is 11.6 Å². The van der Waals surface area contributed by atoms with Crippen LogP contribution in [-0.2, 0) is 9.53 Å². The molecule has 5 rings (SSSR count). The van der Waals surface area contributed by atoms with Crippen LogP contribution in [0.2, 0.25) is 0 Å². The topological polar surface area (TPSA) is 105 Å². The smallest absolute Gasteiger partial charge is 0.317 e. The highest BCUT2D eigenvalue weighted by molar-refractivity contribution is 6.04. The monoisotopic (exact) mass is 632 g/mol. The summed E-state index contributed by atoms with van der Waals surface area (Å²) in [4.78, 5) is 21.8. The molecule has 1 atom stereocenters. The van der Waals surface area contributed by atoms with Gasteiger partial charge in [-0.1, -0.05) is 13.3 Å². The number of nitrogens with two attached hydrogens (primary N) is 1. The third-order valence-electron chi connectivity index (χ3n) is 8.46. The lowest BCUT2D eigenvalue weighted by Gasteiger charge is -2.36. The number of ether oxygens (including phenoxy) is 2. The summed E-state index contributed by atoms with van der Waals surface area (Å²) in [5, 5.41) is 8.14. The Balaban J connectivity index is 1.08. The quantitative estimate of drug-likeness (QED) is 0.0742. The van der Waals surface area contributed by atoms with E-state index in [1.165, 1.54) is 13.8 Å². The van der Waals surface area contributed by atoms with Gasteiger partial charge >= 0.3 is 5.97 Å². The number of rotatable bonds is 12. The van der Waals surface area contributed by atoms with Gasteiger partial charge in [-0.05, 0) is 51.3 Å². The van der Waals surface area contributed by atoms with E-state index < -0.39 is 40.4 Å². The molecule has 0 bridgehead atoms. The van der Waals surface area contributed by atoms with Crippen molar-refractivity contribution >= 4 is 39.8 Å². The Kier molecular flexibility index (Phi) is 9.88. The summed E-state index contributed by atoms with van der Waals surface area (Å²) in [6.45, 7) is 9.87. The number of aromatic nitrogens is 1. The van der Waals surface area contributed by atoms with E-state index in [4.69, 9.17) is 15.2 Å². The zero-order chi connectivity index (χ0) is 32.3. The summed E-state index contributed by atoms with van der Waals surface area (Å²) < 4.78 is 65.2. The molecule has 45 heavy (non-hydrogen) atoms. The summed E-state index contributed by atoms with van der Waals surface area (Å²) >= 11 is 0. The van der Waals surface area contributed by atoms with Gasteiger partial charge < -0.3 is 30.7 Å². The number of nitrogens with one attached hydrogen (secondary N) is 2. The first-order valence-corrected chi connectivity index (χ1v) is 15.3. The fraction of sp³-hybridized carbons (Fsp3) is 0.500. The van der Waals surface area contributed by atoms with E-state index in [1.54, 1.807) is 0 Å². The predicted molar refractivity (Wildman–Crippen MR) is 166 cm³/mol. The molecule has 4 N–H and O–H groups in total. The summed E-state index contributed by atoms with van der Waals surface area (Å²) in [6, 6.07) is 6.33. The lowest BCUT2D eigenvalue weighted by Crippen LogP contribution is -2.47. The zero-order valence-electron chi connectivity index (χ0n) is 25.8. The molecule has 0 aliphatic carbocycles. The fourth-order valence-electron chi connectivity index (χ4n) is 5.53. The minimum Gasteiger partial charge on any atom is -0.420 e. The zero-order valence-corrected chi connectivity index (χ0v) is 25.8. The summed E-state index contributed by atoms with van der Waals surface area (Å²) in [6.07, 6.45) is 3.56. The van der Waals surface area contributed by atoms with Crippen LogP contribution in [0.15, 0.2) is 24.3 Å². The van der Waals surface area contributed by atoms with E-state index in [1.807, 2.05) is 6.07 Å². The lowest BCUT2D eigenvalue weighted by atomic mass is 9.90. The van der Waals surface area contributed by atoms with Gasteiger partial charge in [0.05, 0.1) is 29.4 Å². The van der Waals surface area contributed by atoms with Crippen molar-refractivity contribution in [2.24, 2.45) is 5.41 Å². The minimum absolute atomic E-state index is 0.0579. The van der Waals surface area contributed by atoms with Crippen molar-refractivity contribution in [2.75, 3.05) is 67.2 Å². The number of anilines is 4. The van der Waals surface area contributed by atoms with Crippen molar-refractivity contribution in [2.45, 2.75) is 52.6 Å². The summed E-state index contributed by atoms with van der Waals surface area (Å²) in [5.41, 5.74) is 8.91. The first-order valence-electron chi connectivity index (χ1n) is 15.3. The number of fused-ring (bicyclic) bond motifs is 3. The normalized spacial score (nSPS) is 16.9. The molecule has 244 valence electrons. The number of nitrogens with zero attached hydrogens (tertiary/aromatic N) is 3. The van der Waals surface area contributed by atoms with Crippen molar-refractivity contribution in [3.63, 3.8) is 0 Å². The van der Waals surface area contributed by atoms with Gasteiger partial charge in [0, 0.05) is 56.5 Å². The summed E-state index contributed by atoms with van der Waals surface area (Å²) in [5.74, 6) is -8.71. The maximum atomic E-state index is 13.9. The summed E-state index contributed by atoms with van der Waals surface area (Å²) in [7, 11) is 0. The van der Waals surface area contributed by atoms with Crippen LogP contribution in [0.4, 0.5) is 40.4 Å². The standard InChI is InChI=1S/C32H40F4N6O3/c1-4-5-6-24-39-27-20-17-19(7-8-23(20)38-30(37)28(27)40-24)42-12-10-41(11-13-42)14-16-44-15-9-32(2,3)31(43)45-29-25(35)21(33)18-22(34)26(29)36/h7-8,17-18,24,39-40H,4-6,9-16H2,1-3H3,(H2,37,38). The van der Waals surface area contributed by atoms with Crippen LogP contribution in [0.3, 0.4) is 0 Å². The molecule has 2 aromatic carbocycles. The maximum Gasteiger partial charge on any atom is 0.317 e. The molecule has 3 aromatic rings. The van der Waals surface area contributed by atoms with E-state index >= 15 is 0 Å². The molecule has 1 saturated heterocycles. The minimum atomic E-state index is -1.76. The lowest BCUT2D eigenvalue weighted by molar-refractivity contribution is -0.145. The van der Waals surface area contributed by atoms with Crippen LogP contribution in [0.25, 0.3) is 10.9 Å². The van der Waals surface area contributed by atoms with Gasteiger partial charge in [-0.2, -0.15) is 8.78 Å². The van der Waals surface area contributed by atoms with Crippen molar-refractivity contribution in [1.29, 1.82) is 0 Å². The van der Waals surface area contributed by atoms with Crippen LogP contribution in [0, 0.1) is 28.7 Å². The van der Waals surface area contributed by atoms with Gasteiger partial charge in [0.1, 0.15) is 11.5 Å². The molecule has 0 radical (unpaired) electrons. The number of unbranched alkanes of at least 4 members (excludes halogenated alkanes) is 1. The number of piperazine rings is 1. The Morgan fingerprint density at radius 3 is 2.40 bits per heavy atom. The molecule has 0 spiro atoms. The van der Waals surface area contributed by atoms with E-state index in [2.05, 4.69) is 44.5 Å². The van der Waals surface area contributed by atoms with E-state index in [0.29, 0.717) is 19.0 Å². The Morgan fingerprint density at radius 1 is 1.02 bits per heavy atom. The average molecular weight is 633 g/mol. The van der Waals surface area contributed by atoms with Gasteiger partial charge in [0.25, 0.3) is 0 Å². The molecule has 1 aromatic heterocycles. The Hall–Kier alpha value is -3.84. The Morgan fingerprint density at radius 2 is 1.71 bits per heavy atom. The maximum absolute atomic E-state index is 13.9. The number of hydrogen-bond acceptors (Lipinski definition) is 9. The molecule has 2 aliphatic rings. The number of hydrogen-bond donors (Lipinski definition) is 3. The number of halogens is 4. The molecular weight excluding hydrogens is 592 g/mol. The van der Waals surface area contributed by atoms with Gasteiger partial charge in [-0.15, -0.1) is 0 Å². The second-order valence-electron chi connectivity index (χ2n) is 12.2. The van der Waals surface area contributed by atoms with E-state index in [0.717, 1.165) is 73.4 Å². The fourth-order valence-corrected chi connectivity index (χ4v) is 5.53. The highest BCUT2D eigenvalue weighted by Crippen LogP contribution is 2.41. The van der Waals surface area contributed by atoms with Crippen LogP contribution in [0.5, 0.6) is 5.75 Å². The number of pyridine rings is 1. The SMILES string of the molecule is CCCCC1Nc2c(N)nc3ccc(N4CCN(CCOCCC(C)(C)C(=O)Oc5c(F)c(F)cc(F)c5F)CC4)cc3c2N1. The van der Waals surface area contributed by atoms with E-state index in [9.17, 15) is 22.4 Å². The third-order valence-corrected chi connectivity index (χ3v) is 8.46. The molecule has 3 heterocycles. The number of benzene rings is 2. The van der Waals surface area contributed by atoms with Crippen LogP contribution < -0.4 is 26.0 Å². The van der Waals surface area contributed by atoms with Gasteiger partial charge in [-0.25, -0.2) is 13.8 Å². The van der Waals surface area contributed by atoms with Crippen molar-refractivity contribution in [1.82, 2.24) is 9.88 Å². The molecule has 2 aliphatic heterocycles. The van der Waals surface area contributed by atoms with Gasteiger partial charge in [-0.3, -0.25) is 9.69 Å². The van der Waals surface area contributed by atoms with E-state index in [-0.39, 0.29) is 25.3 Å². The molecule has 9 nitrogen and oxygen atoms in total. The van der Waals surface area contributed by atoms with Crippen LogP contribution in [-0.4, -0.2) is 68.0 Å². The molecule has 1 fully saturated rings. The second-order valence-corrected chi connectivity index (χ2v) is 12.2. The highest BCUT2D eigenvalue weighted by atomic mass is 19.2. The predicted octanol–water partition coefficient (Wildman–Crippen LogP) is 5.89. The first kappa shape index (κ1) is 32.6. The number of carbonyl (C=O) groups excluding carboxylic acids is 1. The number of esters is 1. The average Bonchev–Trinajstić information content (AvgIpc) is 3.46. The first-order chi connectivity index (χ1) is 21.5. The largest absolute Gasteiger partial charge is 0.420 e. The molecular formula is C32H40F4N6O3. The molecule has 0 saturated carbocycles. The third kappa shape index (κ3) is 7.19. The van der Waals surface area contributed by atoms with Crippen molar-refractivity contribution < 1.29 is 31.8 Å². The Bertz CT molecular complexity index is 1520. The molecule has 1 unspecified atom stereocenters. The Labute approximate surface area is 260 Å². The van der Waals surface area contributed by atoms with Crippen LogP contribution in [0.1, 0.15) is 46.5 Å². The number of carbonyl (C=O) groups is 1. The van der Waals surface area contributed by atoms with Crippen molar-refractivity contribution in [3.05, 3.63) is 47.5 Å². The van der Waals surface area contributed by atoms with Crippen molar-refractivity contribution in [3.8, 4) is 5.75 Å². The molecule has 0 amide bonds. The second kappa shape index (κ2) is 13.7. The molecule has 13 heteroatoms. The van der Waals surface area contributed by atoms with Gasteiger partial charge in [0.2, 0.25) is 17.4 Å². The highest BCUT2D eigenvalue weighted by Gasteiger charge is 2.33. The number of nitrogen functional groups attached to an aromatic ring is 1.